The number of aryl methyl sites for hydroxylation is 1. The van der Waals surface area contributed by atoms with Crippen LogP contribution in [0.1, 0.15) is 26.6 Å². The average molecular weight is 304 g/mol. The lowest BCUT2D eigenvalue weighted by Gasteiger charge is -2.05. The van der Waals surface area contributed by atoms with Gasteiger partial charge >= 0.3 is 5.97 Å². The Balaban J connectivity index is 1.80. The molecule has 0 atom stereocenters. The van der Waals surface area contributed by atoms with E-state index in [1.165, 1.54) is 11.3 Å². The van der Waals surface area contributed by atoms with E-state index in [2.05, 4.69) is 10.3 Å². The molecule has 0 unspecified atom stereocenters. The van der Waals surface area contributed by atoms with E-state index in [1.54, 1.807) is 18.2 Å². The summed E-state index contributed by atoms with van der Waals surface area (Å²) in [6.45, 7) is 2.38. The van der Waals surface area contributed by atoms with Gasteiger partial charge in [0.25, 0.3) is 0 Å². The van der Waals surface area contributed by atoms with Crippen molar-refractivity contribution in [3.8, 4) is 0 Å². The second kappa shape index (κ2) is 6.99. The zero-order chi connectivity index (χ0) is 15.2. The van der Waals surface area contributed by atoms with Crippen LogP contribution in [0, 0.1) is 6.92 Å². The third-order valence-corrected chi connectivity index (χ3v) is 3.74. The zero-order valence-corrected chi connectivity index (χ0v) is 12.4. The Morgan fingerprint density at radius 1 is 1.38 bits per heavy atom. The highest BCUT2D eigenvalue weighted by Gasteiger charge is 2.07. The Kier molecular flexibility index (Phi) is 5.05. The summed E-state index contributed by atoms with van der Waals surface area (Å²) in [6.07, 6.45) is 0.877. The molecule has 1 amide bonds. The predicted octanol–water partition coefficient (Wildman–Crippen LogP) is 2.05. The molecule has 21 heavy (non-hydrogen) atoms. The third kappa shape index (κ3) is 4.68. The number of nitrogens with one attached hydrogen (secondary N) is 1. The van der Waals surface area contributed by atoms with Crippen molar-refractivity contribution in [1.29, 1.82) is 0 Å². The summed E-state index contributed by atoms with van der Waals surface area (Å²) in [5, 5.41) is 14.6. The molecular formula is C15H16N2O3S. The summed E-state index contributed by atoms with van der Waals surface area (Å²) in [4.78, 5) is 26.9. The molecule has 2 aromatic rings. The van der Waals surface area contributed by atoms with Gasteiger partial charge in [0, 0.05) is 11.9 Å². The molecule has 6 heteroatoms. The van der Waals surface area contributed by atoms with Crippen molar-refractivity contribution in [2.75, 3.05) is 6.54 Å². The highest BCUT2D eigenvalue weighted by atomic mass is 32.1. The Morgan fingerprint density at radius 2 is 2.19 bits per heavy atom. The SMILES string of the molecule is Cc1nc(CC(=O)NCCc2cccc(C(=O)O)c2)cs1. The van der Waals surface area contributed by atoms with Crippen LogP contribution in [-0.4, -0.2) is 28.5 Å². The Hall–Kier alpha value is -2.21. The number of carbonyl (C=O) groups excluding carboxylic acids is 1. The van der Waals surface area contributed by atoms with Gasteiger partial charge in [0.2, 0.25) is 5.91 Å². The number of amides is 1. The maximum absolute atomic E-state index is 11.7. The number of benzene rings is 1. The summed E-state index contributed by atoms with van der Waals surface area (Å²) in [7, 11) is 0. The molecule has 0 aliphatic carbocycles. The number of nitrogens with zero attached hydrogens (tertiary/aromatic N) is 1. The Bertz CT molecular complexity index is 652. The van der Waals surface area contributed by atoms with E-state index in [9.17, 15) is 9.59 Å². The molecule has 0 aliphatic rings. The molecule has 2 N–H and O–H groups in total. The first kappa shape index (κ1) is 15.2. The van der Waals surface area contributed by atoms with E-state index in [4.69, 9.17) is 5.11 Å². The van der Waals surface area contributed by atoms with Gasteiger partial charge in [-0.3, -0.25) is 4.79 Å². The van der Waals surface area contributed by atoms with Gasteiger partial charge in [-0.05, 0) is 31.0 Å². The van der Waals surface area contributed by atoms with E-state index in [1.807, 2.05) is 18.4 Å². The average Bonchev–Trinajstić information content (AvgIpc) is 2.84. The second-order valence-corrected chi connectivity index (χ2v) is 5.70. The molecule has 0 aliphatic heterocycles. The summed E-state index contributed by atoms with van der Waals surface area (Å²) in [5.41, 5.74) is 1.93. The molecule has 0 radical (unpaired) electrons. The summed E-state index contributed by atoms with van der Waals surface area (Å²) in [6, 6.07) is 6.73. The summed E-state index contributed by atoms with van der Waals surface area (Å²) in [5.74, 6) is -1.02. The highest BCUT2D eigenvalue weighted by Crippen LogP contribution is 2.08. The van der Waals surface area contributed by atoms with Crippen LogP contribution in [0.2, 0.25) is 0 Å². The van der Waals surface area contributed by atoms with E-state index >= 15 is 0 Å². The van der Waals surface area contributed by atoms with Gasteiger partial charge in [0.05, 0.1) is 22.7 Å². The van der Waals surface area contributed by atoms with Gasteiger partial charge in [-0.25, -0.2) is 9.78 Å². The number of rotatable bonds is 6. The lowest BCUT2D eigenvalue weighted by Crippen LogP contribution is -2.27. The van der Waals surface area contributed by atoms with Crippen LogP contribution in [0.4, 0.5) is 0 Å². The van der Waals surface area contributed by atoms with Crippen molar-refractivity contribution < 1.29 is 14.7 Å². The smallest absolute Gasteiger partial charge is 0.335 e. The third-order valence-electron chi connectivity index (χ3n) is 2.92. The van der Waals surface area contributed by atoms with Gasteiger partial charge in [-0.2, -0.15) is 0 Å². The van der Waals surface area contributed by atoms with Crippen LogP contribution in [-0.2, 0) is 17.6 Å². The van der Waals surface area contributed by atoms with Crippen LogP contribution >= 0.6 is 11.3 Å². The van der Waals surface area contributed by atoms with E-state index in [0.29, 0.717) is 13.0 Å². The molecule has 0 bridgehead atoms. The lowest BCUT2D eigenvalue weighted by atomic mass is 10.1. The van der Waals surface area contributed by atoms with Crippen LogP contribution in [0.3, 0.4) is 0 Å². The number of carbonyl (C=O) groups is 2. The van der Waals surface area contributed by atoms with Crippen molar-refractivity contribution >= 4 is 23.2 Å². The van der Waals surface area contributed by atoms with Crippen LogP contribution in [0.25, 0.3) is 0 Å². The number of carboxylic acids is 1. The minimum atomic E-state index is -0.945. The topological polar surface area (TPSA) is 79.3 Å². The molecule has 0 fully saturated rings. The minimum absolute atomic E-state index is 0.0744. The van der Waals surface area contributed by atoms with Crippen LogP contribution in [0.5, 0.6) is 0 Å². The molecule has 1 heterocycles. The first-order valence-corrected chi connectivity index (χ1v) is 7.42. The van der Waals surface area contributed by atoms with Gasteiger partial charge in [-0.1, -0.05) is 12.1 Å². The fourth-order valence-electron chi connectivity index (χ4n) is 1.92. The highest BCUT2D eigenvalue weighted by molar-refractivity contribution is 7.09. The quantitative estimate of drug-likeness (QED) is 0.856. The maximum atomic E-state index is 11.7. The van der Waals surface area contributed by atoms with Crippen LogP contribution in [0.15, 0.2) is 29.6 Å². The van der Waals surface area contributed by atoms with E-state index < -0.39 is 5.97 Å². The maximum Gasteiger partial charge on any atom is 0.335 e. The number of carboxylic acid groups (broad SMARTS) is 1. The monoisotopic (exact) mass is 304 g/mol. The molecule has 0 saturated heterocycles. The molecule has 5 nitrogen and oxygen atoms in total. The fraction of sp³-hybridized carbons (Fsp3) is 0.267. The zero-order valence-electron chi connectivity index (χ0n) is 11.6. The second-order valence-electron chi connectivity index (χ2n) is 4.64. The van der Waals surface area contributed by atoms with Gasteiger partial charge < -0.3 is 10.4 Å². The van der Waals surface area contributed by atoms with Gasteiger partial charge in [0.1, 0.15) is 0 Å². The first-order chi connectivity index (χ1) is 10.0. The predicted molar refractivity (Wildman–Crippen MR) is 80.7 cm³/mol. The van der Waals surface area contributed by atoms with Crippen molar-refractivity contribution in [2.45, 2.75) is 19.8 Å². The van der Waals surface area contributed by atoms with Crippen molar-refractivity contribution in [3.05, 3.63) is 51.5 Å². The molecule has 1 aromatic carbocycles. The normalized spacial score (nSPS) is 10.3. The number of hydrogen-bond donors (Lipinski definition) is 2. The minimum Gasteiger partial charge on any atom is -0.478 e. The fourth-order valence-corrected chi connectivity index (χ4v) is 2.54. The van der Waals surface area contributed by atoms with Crippen molar-refractivity contribution in [1.82, 2.24) is 10.3 Å². The molecule has 110 valence electrons. The molecule has 2 rings (SSSR count). The van der Waals surface area contributed by atoms with Gasteiger partial charge in [0.15, 0.2) is 0 Å². The lowest BCUT2D eigenvalue weighted by molar-refractivity contribution is -0.120. The number of aromatic nitrogens is 1. The molecule has 1 aromatic heterocycles. The van der Waals surface area contributed by atoms with E-state index in [0.717, 1.165) is 16.3 Å². The number of thiazole rings is 1. The number of aromatic carboxylic acids is 1. The van der Waals surface area contributed by atoms with Gasteiger partial charge in [-0.15, -0.1) is 11.3 Å². The first-order valence-electron chi connectivity index (χ1n) is 6.54. The molecule has 0 saturated carbocycles. The molecule has 0 spiro atoms. The van der Waals surface area contributed by atoms with Crippen molar-refractivity contribution in [3.63, 3.8) is 0 Å². The standard InChI is InChI=1S/C15H16N2O3S/c1-10-17-13(9-21-10)8-14(18)16-6-5-11-3-2-4-12(7-11)15(19)20/h2-4,7,9H,5-6,8H2,1H3,(H,16,18)(H,19,20). The Morgan fingerprint density at radius 3 is 2.86 bits per heavy atom. The summed E-state index contributed by atoms with van der Waals surface area (Å²) < 4.78 is 0. The Labute approximate surface area is 126 Å². The van der Waals surface area contributed by atoms with Crippen molar-refractivity contribution in [2.24, 2.45) is 0 Å². The molecular weight excluding hydrogens is 288 g/mol. The largest absolute Gasteiger partial charge is 0.478 e. The number of hydrogen-bond acceptors (Lipinski definition) is 4. The van der Waals surface area contributed by atoms with Crippen LogP contribution < -0.4 is 5.32 Å². The van der Waals surface area contributed by atoms with E-state index in [-0.39, 0.29) is 17.9 Å². The summed E-state index contributed by atoms with van der Waals surface area (Å²) >= 11 is 1.52.